The summed E-state index contributed by atoms with van der Waals surface area (Å²) in [4.78, 5) is 40.0. The van der Waals surface area contributed by atoms with Crippen LogP contribution in [0.3, 0.4) is 0 Å². The lowest BCUT2D eigenvalue weighted by Gasteiger charge is -2.29. The lowest BCUT2D eigenvalue weighted by Crippen LogP contribution is -2.23. The molecule has 2 aliphatic heterocycles. The summed E-state index contributed by atoms with van der Waals surface area (Å²) in [5, 5.41) is 6.82. The average molecular weight is 789 g/mol. The maximum Gasteiger partial charge on any atom is 0.348 e. The second-order valence-electron chi connectivity index (χ2n) is 15.2. The van der Waals surface area contributed by atoms with Crippen molar-refractivity contribution in [1.29, 1.82) is 0 Å². The van der Waals surface area contributed by atoms with E-state index in [9.17, 15) is 9.59 Å². The second-order valence-corrected chi connectivity index (χ2v) is 15.2. The molecule has 11 heteroatoms. The van der Waals surface area contributed by atoms with Crippen molar-refractivity contribution < 1.29 is 23.8 Å². The molecule has 0 aliphatic carbocycles. The van der Waals surface area contributed by atoms with Crippen molar-refractivity contribution in [2.24, 2.45) is 0 Å². The van der Waals surface area contributed by atoms with Gasteiger partial charge in [-0.15, -0.1) is 0 Å². The van der Waals surface area contributed by atoms with Crippen LogP contribution in [0.25, 0.3) is 0 Å². The SMILES string of the molecule is Cc1cccc(N(C)c2ccc3c(c2)OCC[C@H]3CNc2cnccc2C(=O)OC(=O)c2ccncc2NC[C@@H]2CCOc3cc(N(C)c4cccc(C)c4)ccc32)c1. The predicted octanol–water partition coefficient (Wildman–Crippen LogP) is 9.58. The number of ether oxygens (including phenoxy) is 3. The zero-order valence-corrected chi connectivity index (χ0v) is 33.8. The van der Waals surface area contributed by atoms with E-state index >= 15 is 0 Å². The molecule has 0 saturated heterocycles. The molecule has 59 heavy (non-hydrogen) atoms. The molecule has 8 rings (SSSR count). The maximum atomic E-state index is 13.6. The monoisotopic (exact) mass is 788 g/mol. The number of fused-ring (bicyclic) bond motifs is 2. The van der Waals surface area contributed by atoms with Gasteiger partial charge in [-0.2, -0.15) is 0 Å². The van der Waals surface area contributed by atoms with Gasteiger partial charge in [-0.1, -0.05) is 36.4 Å². The van der Waals surface area contributed by atoms with Gasteiger partial charge in [0, 0.05) is 86.3 Å². The van der Waals surface area contributed by atoms with E-state index in [1.807, 2.05) is 14.1 Å². The number of carbonyl (C=O) groups is 2. The zero-order chi connectivity index (χ0) is 40.9. The van der Waals surface area contributed by atoms with Gasteiger partial charge in [-0.3, -0.25) is 9.97 Å². The summed E-state index contributed by atoms with van der Waals surface area (Å²) >= 11 is 0. The van der Waals surface area contributed by atoms with Crippen molar-refractivity contribution >= 4 is 46.1 Å². The van der Waals surface area contributed by atoms with Gasteiger partial charge in [0.25, 0.3) is 0 Å². The summed E-state index contributed by atoms with van der Waals surface area (Å²) in [6.45, 7) is 6.37. The summed E-state index contributed by atoms with van der Waals surface area (Å²) < 4.78 is 17.7. The molecular formula is C48H48N6O5. The topological polar surface area (TPSA) is 118 Å². The number of hydrogen-bond acceptors (Lipinski definition) is 11. The summed E-state index contributed by atoms with van der Waals surface area (Å²) in [6.07, 6.45) is 7.78. The van der Waals surface area contributed by atoms with Crippen molar-refractivity contribution in [1.82, 2.24) is 9.97 Å². The van der Waals surface area contributed by atoms with Gasteiger partial charge in [0.1, 0.15) is 11.5 Å². The van der Waals surface area contributed by atoms with E-state index in [1.165, 1.54) is 23.5 Å². The highest BCUT2D eigenvalue weighted by molar-refractivity contribution is 6.07. The largest absolute Gasteiger partial charge is 0.493 e. The number of aryl methyl sites for hydroxylation is 2. The highest BCUT2D eigenvalue weighted by Crippen LogP contribution is 2.40. The Kier molecular flexibility index (Phi) is 11.4. The van der Waals surface area contributed by atoms with Crippen LogP contribution in [0.5, 0.6) is 11.5 Å². The van der Waals surface area contributed by atoms with Crippen molar-refractivity contribution in [3.63, 3.8) is 0 Å². The van der Waals surface area contributed by atoms with Crippen molar-refractivity contribution in [2.75, 3.05) is 60.8 Å². The fourth-order valence-corrected chi connectivity index (χ4v) is 7.80. The summed E-state index contributed by atoms with van der Waals surface area (Å²) in [6, 6.07) is 32.5. The van der Waals surface area contributed by atoms with Crippen LogP contribution in [0.15, 0.2) is 122 Å². The molecule has 4 heterocycles. The third kappa shape index (κ3) is 8.69. The molecule has 0 amide bonds. The highest BCUT2D eigenvalue weighted by atomic mass is 16.6. The lowest BCUT2D eigenvalue weighted by atomic mass is 9.92. The molecule has 11 nitrogen and oxygen atoms in total. The van der Waals surface area contributed by atoms with E-state index in [1.54, 1.807) is 24.5 Å². The van der Waals surface area contributed by atoms with Gasteiger partial charge in [-0.25, -0.2) is 9.59 Å². The first-order valence-electron chi connectivity index (χ1n) is 20.0. The average Bonchev–Trinajstić information content (AvgIpc) is 3.26. The first-order chi connectivity index (χ1) is 28.7. The number of esters is 2. The Bertz CT molecular complexity index is 2320. The Balaban J connectivity index is 0.906. The van der Waals surface area contributed by atoms with Gasteiger partial charge >= 0.3 is 11.9 Å². The van der Waals surface area contributed by atoms with Crippen molar-refractivity contribution in [3.8, 4) is 11.5 Å². The smallest absolute Gasteiger partial charge is 0.348 e. The molecule has 0 fully saturated rings. The zero-order valence-electron chi connectivity index (χ0n) is 33.8. The van der Waals surface area contributed by atoms with Crippen molar-refractivity contribution in [3.05, 3.63) is 155 Å². The number of nitrogens with one attached hydrogen (secondary N) is 2. The van der Waals surface area contributed by atoms with Crippen LogP contribution in [0, 0.1) is 13.8 Å². The van der Waals surface area contributed by atoms with Crippen LogP contribution in [0.4, 0.5) is 34.1 Å². The normalized spacial score (nSPS) is 15.4. The Hall–Kier alpha value is -6.88. The number of benzene rings is 4. The van der Waals surface area contributed by atoms with Gasteiger partial charge in [0.2, 0.25) is 0 Å². The van der Waals surface area contributed by atoms with Gasteiger partial charge < -0.3 is 34.6 Å². The molecular weight excluding hydrogens is 741 g/mol. The quantitative estimate of drug-likeness (QED) is 0.0912. The van der Waals surface area contributed by atoms with Crippen LogP contribution >= 0.6 is 0 Å². The van der Waals surface area contributed by atoms with E-state index in [0.717, 1.165) is 58.2 Å². The second kappa shape index (κ2) is 17.3. The van der Waals surface area contributed by atoms with E-state index in [0.29, 0.717) is 37.7 Å². The van der Waals surface area contributed by atoms with E-state index < -0.39 is 11.9 Å². The summed E-state index contributed by atoms with van der Waals surface area (Å²) in [5.74, 6) is 0.383. The first-order valence-corrected chi connectivity index (χ1v) is 20.0. The third-order valence-electron chi connectivity index (χ3n) is 11.2. The fraction of sp³-hybridized carbons (Fsp3) is 0.250. The Morgan fingerprint density at radius 2 is 1.07 bits per heavy atom. The van der Waals surface area contributed by atoms with Crippen LogP contribution in [-0.2, 0) is 4.74 Å². The van der Waals surface area contributed by atoms with Gasteiger partial charge in [0.15, 0.2) is 0 Å². The lowest BCUT2D eigenvalue weighted by molar-refractivity contribution is 0.0399. The van der Waals surface area contributed by atoms with Gasteiger partial charge in [0.05, 0.1) is 48.1 Å². The molecule has 2 atom stereocenters. The number of pyridine rings is 2. The summed E-state index contributed by atoms with van der Waals surface area (Å²) in [7, 11) is 4.10. The van der Waals surface area contributed by atoms with Crippen molar-refractivity contribution in [2.45, 2.75) is 38.5 Å². The number of carbonyl (C=O) groups excluding carboxylic acids is 2. The van der Waals surface area contributed by atoms with E-state index in [4.69, 9.17) is 14.2 Å². The molecule has 0 spiro atoms. The molecule has 0 saturated carbocycles. The molecule has 6 aromatic rings. The molecule has 300 valence electrons. The first kappa shape index (κ1) is 39.0. The summed E-state index contributed by atoms with van der Waals surface area (Å²) in [5.41, 5.74) is 10.2. The minimum Gasteiger partial charge on any atom is -0.493 e. The van der Waals surface area contributed by atoms with Crippen LogP contribution in [0.2, 0.25) is 0 Å². The number of hydrogen-bond donors (Lipinski definition) is 2. The van der Waals surface area contributed by atoms with Crippen LogP contribution < -0.4 is 29.9 Å². The number of rotatable bonds is 12. The highest BCUT2D eigenvalue weighted by Gasteiger charge is 2.27. The Labute approximate surface area is 345 Å². The van der Waals surface area contributed by atoms with Crippen LogP contribution in [-0.4, -0.2) is 62.3 Å². The molecule has 4 aromatic carbocycles. The molecule has 0 bridgehead atoms. The Morgan fingerprint density at radius 3 is 1.51 bits per heavy atom. The third-order valence-corrected chi connectivity index (χ3v) is 11.2. The fourth-order valence-electron chi connectivity index (χ4n) is 7.80. The number of anilines is 6. The van der Waals surface area contributed by atoms with Crippen LogP contribution in [0.1, 0.15) is 67.6 Å². The molecule has 2 aliphatic rings. The molecule has 0 unspecified atom stereocenters. The minimum atomic E-state index is -0.774. The molecule has 0 radical (unpaired) electrons. The van der Waals surface area contributed by atoms with E-state index in [2.05, 4.69) is 129 Å². The molecule has 2 aromatic heterocycles. The standard InChI is InChI=1S/C48H48N6O5/c1-31-7-5-9-35(23-31)53(3)37-11-13-39-33(17-21-57-45(39)25-37)27-51-43-29-49-19-15-41(43)47(55)59-48(56)42-16-20-50-30-44(42)52-28-34-18-22-58-46-26-38(12-14-40(34)46)54(4)36-10-6-8-32(2)24-36/h5-16,19-20,23-26,29-30,33-34,51-52H,17-18,21-22,27-28H2,1-4H3/t33-,34-/m0/s1. The van der Waals surface area contributed by atoms with E-state index in [-0.39, 0.29) is 23.0 Å². The predicted molar refractivity (Wildman–Crippen MR) is 232 cm³/mol. The van der Waals surface area contributed by atoms with Gasteiger partial charge in [-0.05, 0) is 97.5 Å². The minimum absolute atomic E-state index is 0.123. The maximum absolute atomic E-state index is 13.6. The Morgan fingerprint density at radius 1 is 0.627 bits per heavy atom. The molecule has 2 N–H and O–H groups in total. The number of aromatic nitrogens is 2. The number of nitrogens with zero attached hydrogens (tertiary/aromatic N) is 4.